The lowest BCUT2D eigenvalue weighted by atomic mass is 10.1. The van der Waals surface area contributed by atoms with Crippen molar-refractivity contribution in [1.82, 2.24) is 10.3 Å². The predicted molar refractivity (Wildman–Crippen MR) is 84.9 cm³/mol. The maximum absolute atomic E-state index is 11.8. The van der Waals surface area contributed by atoms with Crippen LogP contribution in [0.5, 0.6) is 5.75 Å². The first-order chi connectivity index (χ1) is 10.2. The molecule has 0 aliphatic rings. The summed E-state index contributed by atoms with van der Waals surface area (Å²) in [6.45, 7) is 2.68. The Morgan fingerprint density at radius 1 is 1.38 bits per heavy atom. The van der Waals surface area contributed by atoms with Crippen LogP contribution in [0.2, 0.25) is 0 Å². The molecule has 0 aliphatic heterocycles. The van der Waals surface area contributed by atoms with Crippen LogP contribution >= 0.6 is 11.3 Å². The Balaban J connectivity index is 1.69. The lowest BCUT2D eigenvalue weighted by molar-refractivity contribution is -0.121. The second-order valence-electron chi connectivity index (χ2n) is 4.82. The molecule has 4 nitrogen and oxygen atoms in total. The van der Waals surface area contributed by atoms with Crippen LogP contribution in [0, 0.1) is 6.92 Å². The van der Waals surface area contributed by atoms with E-state index >= 15 is 0 Å². The molecule has 112 valence electrons. The SMILES string of the molecule is COc1cccc(CCC(=O)NCCc2ncc(C)s2)c1. The van der Waals surface area contributed by atoms with Gasteiger partial charge in [0.05, 0.1) is 12.1 Å². The standard InChI is InChI=1S/C16H20N2O2S/c1-12-11-18-16(21-12)8-9-17-15(19)7-6-13-4-3-5-14(10-13)20-2/h3-5,10-11H,6-9H2,1-2H3,(H,17,19). The Hall–Kier alpha value is -1.88. The van der Waals surface area contributed by atoms with Gasteiger partial charge in [0.1, 0.15) is 5.75 Å². The molecule has 0 atom stereocenters. The molecule has 1 aromatic heterocycles. The molecule has 1 aromatic carbocycles. The molecular formula is C16H20N2O2S. The number of methoxy groups -OCH3 is 1. The van der Waals surface area contributed by atoms with Crippen molar-refractivity contribution < 1.29 is 9.53 Å². The van der Waals surface area contributed by atoms with Crippen LogP contribution in [0.15, 0.2) is 30.5 Å². The minimum absolute atomic E-state index is 0.0751. The number of hydrogen-bond donors (Lipinski definition) is 1. The van der Waals surface area contributed by atoms with Crippen LogP contribution in [0.3, 0.4) is 0 Å². The topological polar surface area (TPSA) is 51.2 Å². The number of nitrogens with one attached hydrogen (secondary N) is 1. The molecule has 0 spiro atoms. The summed E-state index contributed by atoms with van der Waals surface area (Å²) < 4.78 is 5.17. The highest BCUT2D eigenvalue weighted by Gasteiger charge is 2.04. The Morgan fingerprint density at radius 2 is 2.24 bits per heavy atom. The fourth-order valence-electron chi connectivity index (χ4n) is 2.00. The first-order valence-electron chi connectivity index (χ1n) is 6.98. The molecule has 2 rings (SSSR count). The summed E-state index contributed by atoms with van der Waals surface area (Å²) in [5.41, 5.74) is 1.11. The van der Waals surface area contributed by atoms with Gasteiger partial charge in [0, 0.05) is 30.5 Å². The molecule has 0 saturated carbocycles. The number of hydrogen-bond acceptors (Lipinski definition) is 4. The van der Waals surface area contributed by atoms with Gasteiger partial charge in [0.2, 0.25) is 5.91 Å². The minimum atomic E-state index is 0.0751. The third kappa shape index (κ3) is 5.19. The van der Waals surface area contributed by atoms with E-state index in [9.17, 15) is 4.79 Å². The Morgan fingerprint density at radius 3 is 2.95 bits per heavy atom. The van der Waals surface area contributed by atoms with Gasteiger partial charge >= 0.3 is 0 Å². The van der Waals surface area contributed by atoms with Gasteiger partial charge in [-0.3, -0.25) is 4.79 Å². The van der Waals surface area contributed by atoms with Gasteiger partial charge in [-0.15, -0.1) is 11.3 Å². The molecule has 0 saturated heterocycles. The van der Waals surface area contributed by atoms with Crippen molar-refractivity contribution in [3.63, 3.8) is 0 Å². The average molecular weight is 304 g/mol. The molecule has 21 heavy (non-hydrogen) atoms. The number of rotatable bonds is 7. The van der Waals surface area contributed by atoms with Gasteiger partial charge in [-0.1, -0.05) is 12.1 Å². The van der Waals surface area contributed by atoms with Gasteiger partial charge in [0.15, 0.2) is 0 Å². The van der Waals surface area contributed by atoms with Crippen LogP contribution in [-0.4, -0.2) is 24.5 Å². The number of carbonyl (C=O) groups is 1. The highest BCUT2D eigenvalue weighted by molar-refractivity contribution is 7.11. The predicted octanol–water partition coefficient (Wildman–Crippen LogP) is 2.75. The van der Waals surface area contributed by atoms with E-state index < -0.39 is 0 Å². The average Bonchev–Trinajstić information content (AvgIpc) is 2.91. The molecule has 5 heteroatoms. The molecule has 2 aromatic rings. The Kier molecular flexibility index (Phi) is 5.75. The zero-order valence-corrected chi connectivity index (χ0v) is 13.2. The number of aryl methyl sites for hydroxylation is 2. The van der Waals surface area contributed by atoms with Crippen molar-refractivity contribution in [2.75, 3.05) is 13.7 Å². The second kappa shape index (κ2) is 7.78. The minimum Gasteiger partial charge on any atom is -0.497 e. The number of nitrogens with zero attached hydrogens (tertiary/aromatic N) is 1. The van der Waals surface area contributed by atoms with E-state index in [4.69, 9.17) is 4.74 Å². The quantitative estimate of drug-likeness (QED) is 0.855. The maximum atomic E-state index is 11.8. The number of thiazole rings is 1. The van der Waals surface area contributed by atoms with E-state index in [0.717, 1.165) is 29.2 Å². The summed E-state index contributed by atoms with van der Waals surface area (Å²) in [6, 6.07) is 7.82. The molecule has 1 N–H and O–H groups in total. The van der Waals surface area contributed by atoms with Gasteiger partial charge in [-0.2, -0.15) is 0 Å². The van der Waals surface area contributed by atoms with Crippen molar-refractivity contribution in [3.8, 4) is 5.75 Å². The van der Waals surface area contributed by atoms with E-state index in [0.29, 0.717) is 13.0 Å². The molecule has 0 bridgehead atoms. The first kappa shape index (κ1) is 15.5. The highest BCUT2D eigenvalue weighted by Crippen LogP contribution is 2.14. The number of benzene rings is 1. The van der Waals surface area contributed by atoms with Crippen LogP contribution in [0.4, 0.5) is 0 Å². The molecule has 0 aliphatic carbocycles. The molecule has 0 unspecified atom stereocenters. The van der Waals surface area contributed by atoms with Crippen molar-refractivity contribution >= 4 is 17.2 Å². The summed E-state index contributed by atoms with van der Waals surface area (Å²) in [5, 5.41) is 4.01. The summed E-state index contributed by atoms with van der Waals surface area (Å²) in [6.07, 6.45) is 3.87. The fourth-order valence-corrected chi connectivity index (χ4v) is 2.79. The van der Waals surface area contributed by atoms with E-state index in [2.05, 4.69) is 10.3 Å². The van der Waals surface area contributed by atoms with E-state index in [1.54, 1.807) is 18.4 Å². The van der Waals surface area contributed by atoms with Gasteiger partial charge in [-0.25, -0.2) is 4.98 Å². The number of ether oxygens (including phenoxy) is 1. The lowest BCUT2D eigenvalue weighted by Crippen LogP contribution is -2.25. The van der Waals surface area contributed by atoms with E-state index in [1.165, 1.54) is 4.88 Å². The van der Waals surface area contributed by atoms with Crippen LogP contribution in [0.1, 0.15) is 21.9 Å². The Bertz CT molecular complexity index is 595. The smallest absolute Gasteiger partial charge is 0.220 e. The molecule has 1 amide bonds. The molecule has 0 fully saturated rings. The molecule has 0 radical (unpaired) electrons. The lowest BCUT2D eigenvalue weighted by Gasteiger charge is -2.05. The van der Waals surface area contributed by atoms with Crippen molar-refractivity contribution in [3.05, 3.63) is 45.9 Å². The van der Waals surface area contributed by atoms with Crippen molar-refractivity contribution in [2.45, 2.75) is 26.2 Å². The van der Waals surface area contributed by atoms with Crippen LogP contribution < -0.4 is 10.1 Å². The fraction of sp³-hybridized carbons (Fsp3) is 0.375. The largest absolute Gasteiger partial charge is 0.497 e. The van der Waals surface area contributed by atoms with Crippen LogP contribution in [0.25, 0.3) is 0 Å². The Labute approximate surface area is 129 Å². The third-order valence-electron chi connectivity index (χ3n) is 3.11. The molecular weight excluding hydrogens is 284 g/mol. The normalized spacial score (nSPS) is 10.4. The molecule has 1 heterocycles. The first-order valence-corrected chi connectivity index (χ1v) is 7.80. The highest BCUT2D eigenvalue weighted by atomic mass is 32.1. The third-order valence-corrected chi connectivity index (χ3v) is 4.08. The monoisotopic (exact) mass is 304 g/mol. The number of amides is 1. The number of carbonyl (C=O) groups excluding carboxylic acids is 1. The van der Waals surface area contributed by atoms with E-state index in [1.807, 2.05) is 37.4 Å². The summed E-state index contributed by atoms with van der Waals surface area (Å²) in [7, 11) is 1.64. The van der Waals surface area contributed by atoms with Crippen molar-refractivity contribution in [2.24, 2.45) is 0 Å². The number of aromatic nitrogens is 1. The van der Waals surface area contributed by atoms with Crippen LogP contribution in [-0.2, 0) is 17.6 Å². The summed E-state index contributed by atoms with van der Waals surface area (Å²) in [4.78, 5) is 17.3. The van der Waals surface area contributed by atoms with Gasteiger partial charge in [0.25, 0.3) is 0 Å². The summed E-state index contributed by atoms with van der Waals surface area (Å²) in [5.74, 6) is 0.901. The summed E-state index contributed by atoms with van der Waals surface area (Å²) >= 11 is 1.68. The second-order valence-corrected chi connectivity index (χ2v) is 6.14. The van der Waals surface area contributed by atoms with Gasteiger partial charge < -0.3 is 10.1 Å². The zero-order valence-electron chi connectivity index (χ0n) is 12.4. The van der Waals surface area contributed by atoms with Gasteiger partial charge in [-0.05, 0) is 31.0 Å². The van der Waals surface area contributed by atoms with Crippen molar-refractivity contribution in [1.29, 1.82) is 0 Å². The maximum Gasteiger partial charge on any atom is 0.220 e. The van der Waals surface area contributed by atoms with E-state index in [-0.39, 0.29) is 5.91 Å². The zero-order chi connectivity index (χ0) is 15.1.